The molecule has 2 heterocycles. The summed E-state index contributed by atoms with van der Waals surface area (Å²) in [6.45, 7) is 4.35. The summed E-state index contributed by atoms with van der Waals surface area (Å²) in [5.41, 5.74) is 1.93. The van der Waals surface area contributed by atoms with Crippen molar-refractivity contribution in [2.45, 2.75) is 13.8 Å². The average Bonchev–Trinajstić information content (AvgIpc) is 2.84. The third-order valence-electron chi connectivity index (χ3n) is 3.84. The molecule has 2 aromatic heterocycles. The summed E-state index contributed by atoms with van der Waals surface area (Å²) in [6.07, 6.45) is 1.55. The second-order valence-corrected chi connectivity index (χ2v) is 7.60. The van der Waals surface area contributed by atoms with Gasteiger partial charge in [-0.25, -0.2) is 9.97 Å². The van der Waals surface area contributed by atoms with Gasteiger partial charge in [0.25, 0.3) is 0 Å². The number of aryl methyl sites for hydroxylation is 2. The Bertz CT molecular complexity index is 909. The van der Waals surface area contributed by atoms with Crippen LogP contribution in [-0.2, 0) is 4.79 Å². The number of nitrogens with zero attached hydrogens (tertiary/aromatic N) is 3. The Hall–Kier alpha value is -1.99. The number of hydrogen-bond donors (Lipinski definition) is 1. The van der Waals surface area contributed by atoms with Crippen LogP contribution in [0, 0.1) is 13.8 Å². The zero-order chi connectivity index (χ0) is 17.3. The molecular formula is C17H17BrN4OS. The Labute approximate surface area is 152 Å². The van der Waals surface area contributed by atoms with E-state index < -0.39 is 0 Å². The normalized spacial score (nSPS) is 10.8. The Morgan fingerprint density at radius 3 is 2.79 bits per heavy atom. The molecule has 0 radical (unpaired) electrons. The third kappa shape index (κ3) is 3.27. The molecule has 0 fully saturated rings. The molecule has 0 aliphatic heterocycles. The number of amides is 1. The van der Waals surface area contributed by atoms with Gasteiger partial charge in [-0.2, -0.15) is 0 Å². The Kier molecular flexibility index (Phi) is 4.82. The van der Waals surface area contributed by atoms with Gasteiger partial charge in [-0.05, 0) is 47.5 Å². The molecule has 0 atom stereocenters. The van der Waals surface area contributed by atoms with Crippen LogP contribution in [0.2, 0.25) is 0 Å². The molecule has 1 N–H and O–H groups in total. The van der Waals surface area contributed by atoms with Gasteiger partial charge < -0.3 is 10.2 Å². The number of fused-ring (bicyclic) bond motifs is 1. The molecule has 0 spiro atoms. The van der Waals surface area contributed by atoms with Crippen molar-refractivity contribution >= 4 is 54.9 Å². The van der Waals surface area contributed by atoms with Crippen molar-refractivity contribution in [3.8, 4) is 0 Å². The monoisotopic (exact) mass is 404 g/mol. The minimum absolute atomic E-state index is 0.0965. The quantitative estimate of drug-likeness (QED) is 0.709. The first-order valence-electron chi connectivity index (χ1n) is 7.43. The summed E-state index contributed by atoms with van der Waals surface area (Å²) < 4.78 is 0.856. The molecule has 0 saturated heterocycles. The van der Waals surface area contributed by atoms with Crippen molar-refractivity contribution in [3.63, 3.8) is 0 Å². The molecule has 124 valence electrons. The van der Waals surface area contributed by atoms with Gasteiger partial charge in [-0.3, -0.25) is 4.79 Å². The SMILES string of the molecule is Cc1sc2ncnc(N(C)CC(=O)Nc3ccccc3Br)c2c1C. The highest BCUT2D eigenvalue weighted by Crippen LogP contribution is 2.33. The third-order valence-corrected chi connectivity index (χ3v) is 5.64. The van der Waals surface area contributed by atoms with E-state index in [0.29, 0.717) is 0 Å². The number of para-hydroxylation sites is 1. The van der Waals surface area contributed by atoms with E-state index >= 15 is 0 Å². The summed E-state index contributed by atoms with van der Waals surface area (Å²) in [6, 6.07) is 7.54. The predicted molar refractivity (Wildman–Crippen MR) is 103 cm³/mol. The number of anilines is 2. The fourth-order valence-corrected chi connectivity index (χ4v) is 3.87. The van der Waals surface area contributed by atoms with E-state index in [1.807, 2.05) is 36.2 Å². The van der Waals surface area contributed by atoms with Gasteiger partial charge in [0.05, 0.1) is 17.6 Å². The van der Waals surface area contributed by atoms with Gasteiger partial charge in [0.2, 0.25) is 5.91 Å². The van der Waals surface area contributed by atoms with Crippen LogP contribution in [-0.4, -0.2) is 29.5 Å². The van der Waals surface area contributed by atoms with Crippen molar-refractivity contribution in [2.75, 3.05) is 23.8 Å². The largest absolute Gasteiger partial charge is 0.350 e. The summed E-state index contributed by atoms with van der Waals surface area (Å²) in [5.74, 6) is 0.685. The van der Waals surface area contributed by atoms with Crippen LogP contribution >= 0.6 is 27.3 Å². The van der Waals surface area contributed by atoms with Crippen LogP contribution < -0.4 is 10.2 Å². The Morgan fingerprint density at radius 2 is 2.04 bits per heavy atom. The van der Waals surface area contributed by atoms with Gasteiger partial charge in [-0.15, -0.1) is 11.3 Å². The molecule has 7 heteroatoms. The second-order valence-electron chi connectivity index (χ2n) is 5.54. The standard InChI is InChI=1S/C17H17BrN4OS/c1-10-11(2)24-17-15(10)16(19-9-20-17)22(3)8-14(23)21-13-7-5-4-6-12(13)18/h4-7,9H,8H2,1-3H3,(H,21,23). The molecule has 0 saturated carbocycles. The minimum Gasteiger partial charge on any atom is -0.350 e. The number of nitrogens with one attached hydrogen (secondary N) is 1. The maximum Gasteiger partial charge on any atom is 0.243 e. The molecular weight excluding hydrogens is 388 g/mol. The first kappa shape index (κ1) is 16.9. The van der Waals surface area contributed by atoms with Crippen molar-refractivity contribution in [2.24, 2.45) is 0 Å². The number of aromatic nitrogens is 2. The zero-order valence-corrected chi connectivity index (χ0v) is 16.0. The highest BCUT2D eigenvalue weighted by atomic mass is 79.9. The van der Waals surface area contributed by atoms with E-state index in [1.165, 1.54) is 10.4 Å². The second kappa shape index (κ2) is 6.86. The summed E-state index contributed by atoms with van der Waals surface area (Å²) >= 11 is 5.08. The van der Waals surface area contributed by atoms with E-state index in [0.717, 1.165) is 26.2 Å². The smallest absolute Gasteiger partial charge is 0.243 e. The van der Waals surface area contributed by atoms with Crippen LogP contribution in [0.1, 0.15) is 10.4 Å². The molecule has 5 nitrogen and oxygen atoms in total. The van der Waals surface area contributed by atoms with Crippen molar-refractivity contribution in [1.29, 1.82) is 0 Å². The number of halogens is 1. The van der Waals surface area contributed by atoms with Gasteiger partial charge in [0.1, 0.15) is 17.0 Å². The molecule has 3 rings (SSSR count). The number of thiophene rings is 1. The molecule has 1 amide bonds. The highest BCUT2D eigenvalue weighted by molar-refractivity contribution is 9.10. The lowest BCUT2D eigenvalue weighted by Gasteiger charge is -2.19. The number of carbonyl (C=O) groups excluding carboxylic acids is 1. The van der Waals surface area contributed by atoms with E-state index in [-0.39, 0.29) is 12.5 Å². The Balaban J connectivity index is 1.81. The lowest BCUT2D eigenvalue weighted by atomic mass is 10.2. The van der Waals surface area contributed by atoms with Crippen LogP contribution in [0.25, 0.3) is 10.2 Å². The van der Waals surface area contributed by atoms with Crippen LogP contribution in [0.15, 0.2) is 35.1 Å². The van der Waals surface area contributed by atoms with E-state index in [4.69, 9.17) is 0 Å². The summed E-state index contributed by atoms with van der Waals surface area (Å²) in [7, 11) is 1.87. The number of benzene rings is 1. The summed E-state index contributed by atoms with van der Waals surface area (Å²) in [4.78, 5) is 25.1. The average molecular weight is 405 g/mol. The maximum atomic E-state index is 12.4. The van der Waals surface area contributed by atoms with Crippen molar-refractivity contribution in [1.82, 2.24) is 9.97 Å². The molecule has 0 aliphatic rings. The topological polar surface area (TPSA) is 58.1 Å². The van der Waals surface area contributed by atoms with Gasteiger partial charge >= 0.3 is 0 Å². The van der Waals surface area contributed by atoms with Crippen molar-refractivity contribution in [3.05, 3.63) is 45.5 Å². The Morgan fingerprint density at radius 1 is 1.29 bits per heavy atom. The number of carbonyl (C=O) groups is 1. The van der Waals surface area contributed by atoms with E-state index in [2.05, 4.69) is 45.1 Å². The highest BCUT2D eigenvalue weighted by Gasteiger charge is 2.17. The fourth-order valence-electron chi connectivity index (χ4n) is 2.50. The molecule has 0 bridgehead atoms. The zero-order valence-electron chi connectivity index (χ0n) is 13.6. The van der Waals surface area contributed by atoms with Gasteiger partial charge in [-0.1, -0.05) is 12.1 Å². The lowest BCUT2D eigenvalue weighted by molar-refractivity contribution is -0.114. The fraction of sp³-hybridized carbons (Fsp3) is 0.235. The molecule has 24 heavy (non-hydrogen) atoms. The van der Waals surface area contributed by atoms with Gasteiger partial charge in [0.15, 0.2) is 0 Å². The molecule has 1 aromatic carbocycles. The van der Waals surface area contributed by atoms with Crippen LogP contribution in [0.4, 0.5) is 11.5 Å². The van der Waals surface area contributed by atoms with Crippen molar-refractivity contribution < 1.29 is 4.79 Å². The maximum absolute atomic E-state index is 12.4. The van der Waals surface area contributed by atoms with Crippen LogP contribution in [0.5, 0.6) is 0 Å². The van der Waals surface area contributed by atoms with E-state index in [9.17, 15) is 4.79 Å². The van der Waals surface area contributed by atoms with Crippen LogP contribution in [0.3, 0.4) is 0 Å². The molecule has 0 unspecified atom stereocenters. The first-order chi connectivity index (χ1) is 11.5. The summed E-state index contributed by atoms with van der Waals surface area (Å²) in [5, 5.41) is 3.93. The molecule has 0 aliphatic carbocycles. The number of hydrogen-bond acceptors (Lipinski definition) is 5. The molecule has 3 aromatic rings. The van der Waals surface area contributed by atoms with Gasteiger partial charge in [0, 0.05) is 16.4 Å². The van der Waals surface area contributed by atoms with E-state index in [1.54, 1.807) is 17.7 Å². The number of likely N-dealkylation sites (N-methyl/N-ethyl adjacent to an activating group) is 1. The number of rotatable bonds is 4. The lowest BCUT2D eigenvalue weighted by Crippen LogP contribution is -2.30. The first-order valence-corrected chi connectivity index (χ1v) is 9.04. The predicted octanol–water partition coefficient (Wildman–Crippen LogP) is 4.15. The minimum atomic E-state index is -0.0965.